The molecular formula is C19H23BrN6O2. The molecule has 2 heterocycles. The molecule has 2 atom stereocenters. The van der Waals surface area contributed by atoms with E-state index in [1.165, 1.54) is 12.4 Å². The van der Waals surface area contributed by atoms with Crippen LogP contribution in [0, 0.1) is 0 Å². The number of piperidine rings is 1. The first-order valence-corrected chi connectivity index (χ1v) is 9.90. The summed E-state index contributed by atoms with van der Waals surface area (Å²) in [6, 6.07) is -0.163. The molecule has 1 aromatic heterocycles. The fraction of sp³-hybridized carbons (Fsp3) is 0.368. The fourth-order valence-corrected chi connectivity index (χ4v) is 3.63. The van der Waals surface area contributed by atoms with E-state index in [4.69, 9.17) is 5.73 Å². The number of halogens is 1. The predicted octanol–water partition coefficient (Wildman–Crippen LogP) is 1.98. The molecule has 9 heteroatoms. The number of aromatic nitrogens is 2. The zero-order chi connectivity index (χ0) is 20.1. The molecule has 0 saturated carbocycles. The minimum absolute atomic E-state index is 0.0352. The van der Waals surface area contributed by atoms with Crippen molar-refractivity contribution in [2.24, 2.45) is 0 Å². The Morgan fingerprint density at radius 1 is 1.39 bits per heavy atom. The van der Waals surface area contributed by atoms with Gasteiger partial charge in [0.2, 0.25) is 5.91 Å². The number of hydrogen-bond donors (Lipinski definition) is 3. The summed E-state index contributed by atoms with van der Waals surface area (Å²) in [7, 11) is 0. The fourth-order valence-electron chi connectivity index (χ4n) is 3.29. The molecule has 4 N–H and O–H groups in total. The minimum Gasteiger partial charge on any atom is -0.383 e. The standard InChI is InChI=1S/C19H23BrN6O2/c1-2-15(27)26-9-3-4-14(10-26)24-18-16(17(21)22-11-23-18)19(28)25-13-7-5-12(20)6-8-13/h2,5-7,11,13-14H,1,3-4,8-10H2,(H,25,28)(H3,21,22,23,24)/t13?,14-/m1/s1. The van der Waals surface area contributed by atoms with Crippen LogP contribution in [-0.2, 0) is 4.79 Å². The Kier molecular flexibility index (Phi) is 6.45. The molecule has 3 rings (SSSR count). The first-order valence-electron chi connectivity index (χ1n) is 9.11. The third-order valence-corrected chi connectivity index (χ3v) is 5.31. The number of nitrogens with one attached hydrogen (secondary N) is 2. The highest BCUT2D eigenvalue weighted by molar-refractivity contribution is 9.11. The van der Waals surface area contributed by atoms with Gasteiger partial charge in [0.25, 0.3) is 5.91 Å². The number of anilines is 2. The van der Waals surface area contributed by atoms with Gasteiger partial charge in [-0.3, -0.25) is 9.59 Å². The molecule has 0 radical (unpaired) electrons. The second kappa shape index (κ2) is 9.01. The molecule has 1 fully saturated rings. The summed E-state index contributed by atoms with van der Waals surface area (Å²) < 4.78 is 0.985. The maximum atomic E-state index is 12.8. The average Bonchev–Trinajstić information content (AvgIpc) is 2.69. The molecule has 28 heavy (non-hydrogen) atoms. The molecule has 1 aliphatic heterocycles. The van der Waals surface area contributed by atoms with E-state index >= 15 is 0 Å². The van der Waals surface area contributed by atoms with Gasteiger partial charge in [-0.25, -0.2) is 9.97 Å². The van der Waals surface area contributed by atoms with E-state index in [-0.39, 0.29) is 35.3 Å². The second-order valence-electron chi connectivity index (χ2n) is 6.72. The monoisotopic (exact) mass is 446 g/mol. The third kappa shape index (κ3) is 4.78. The topological polar surface area (TPSA) is 113 Å². The lowest BCUT2D eigenvalue weighted by molar-refractivity contribution is -0.127. The van der Waals surface area contributed by atoms with E-state index in [1.807, 2.05) is 18.2 Å². The van der Waals surface area contributed by atoms with Crippen molar-refractivity contribution in [2.75, 3.05) is 24.1 Å². The van der Waals surface area contributed by atoms with Crippen molar-refractivity contribution < 1.29 is 9.59 Å². The lowest BCUT2D eigenvalue weighted by Crippen LogP contribution is -2.45. The van der Waals surface area contributed by atoms with Crippen LogP contribution < -0.4 is 16.4 Å². The number of nitrogen functional groups attached to an aromatic ring is 1. The van der Waals surface area contributed by atoms with Gasteiger partial charge < -0.3 is 21.3 Å². The first kappa shape index (κ1) is 20.1. The number of hydrogen-bond acceptors (Lipinski definition) is 6. The molecule has 2 amide bonds. The SMILES string of the molecule is C=CC(=O)N1CCC[C@@H](Nc2ncnc(N)c2C(=O)NC2C=CC(Br)=CC2)C1. The van der Waals surface area contributed by atoms with Gasteiger partial charge in [-0.1, -0.05) is 40.7 Å². The molecule has 1 aliphatic carbocycles. The van der Waals surface area contributed by atoms with Crippen molar-refractivity contribution in [2.45, 2.75) is 31.3 Å². The lowest BCUT2D eigenvalue weighted by Gasteiger charge is -2.33. The Balaban J connectivity index is 1.73. The van der Waals surface area contributed by atoms with Gasteiger partial charge in [-0.15, -0.1) is 0 Å². The Hall–Kier alpha value is -2.68. The number of nitrogens with zero attached hydrogens (tertiary/aromatic N) is 3. The number of allylic oxidation sites excluding steroid dienone is 2. The van der Waals surface area contributed by atoms with Crippen LogP contribution in [0.5, 0.6) is 0 Å². The number of nitrogens with two attached hydrogens (primary N) is 1. The van der Waals surface area contributed by atoms with Crippen LogP contribution in [0.4, 0.5) is 11.6 Å². The summed E-state index contributed by atoms with van der Waals surface area (Å²) in [5.41, 5.74) is 6.20. The Morgan fingerprint density at radius 2 is 2.21 bits per heavy atom. The van der Waals surface area contributed by atoms with E-state index in [0.717, 1.165) is 17.3 Å². The molecule has 1 unspecified atom stereocenters. The molecule has 1 aromatic rings. The third-order valence-electron chi connectivity index (χ3n) is 4.72. The van der Waals surface area contributed by atoms with Gasteiger partial charge in [0.15, 0.2) is 0 Å². The molecule has 8 nitrogen and oxygen atoms in total. The van der Waals surface area contributed by atoms with Crippen LogP contribution in [0.15, 0.2) is 41.7 Å². The van der Waals surface area contributed by atoms with Gasteiger partial charge in [-0.05, 0) is 25.3 Å². The normalized spacial score (nSPS) is 21.6. The highest BCUT2D eigenvalue weighted by Gasteiger charge is 2.26. The lowest BCUT2D eigenvalue weighted by atomic mass is 10.0. The summed E-state index contributed by atoms with van der Waals surface area (Å²) >= 11 is 3.40. The van der Waals surface area contributed by atoms with E-state index in [9.17, 15) is 9.59 Å². The smallest absolute Gasteiger partial charge is 0.259 e. The summed E-state index contributed by atoms with van der Waals surface area (Å²) in [6.07, 6.45) is 10.8. The number of carbonyl (C=O) groups excluding carboxylic acids is 2. The Morgan fingerprint density at radius 3 is 2.93 bits per heavy atom. The van der Waals surface area contributed by atoms with E-state index in [2.05, 4.69) is 43.1 Å². The summed E-state index contributed by atoms with van der Waals surface area (Å²) in [4.78, 5) is 34.7. The van der Waals surface area contributed by atoms with Crippen LogP contribution in [0.1, 0.15) is 29.6 Å². The zero-order valence-corrected chi connectivity index (χ0v) is 17.0. The van der Waals surface area contributed by atoms with Gasteiger partial charge in [0, 0.05) is 23.6 Å². The second-order valence-corrected chi connectivity index (χ2v) is 7.63. The molecule has 2 aliphatic rings. The maximum Gasteiger partial charge on any atom is 0.259 e. The van der Waals surface area contributed by atoms with Gasteiger partial charge in [-0.2, -0.15) is 0 Å². The van der Waals surface area contributed by atoms with Crippen molar-refractivity contribution in [1.82, 2.24) is 20.2 Å². The van der Waals surface area contributed by atoms with Crippen LogP contribution in [0.3, 0.4) is 0 Å². The zero-order valence-electron chi connectivity index (χ0n) is 15.4. The molecular weight excluding hydrogens is 424 g/mol. The summed E-state index contributed by atoms with van der Waals surface area (Å²) in [5.74, 6) is 0.0484. The highest BCUT2D eigenvalue weighted by Crippen LogP contribution is 2.22. The predicted molar refractivity (Wildman–Crippen MR) is 112 cm³/mol. The maximum absolute atomic E-state index is 12.8. The molecule has 1 saturated heterocycles. The van der Waals surface area contributed by atoms with Crippen molar-refractivity contribution in [3.05, 3.63) is 47.3 Å². The van der Waals surface area contributed by atoms with Crippen LogP contribution >= 0.6 is 15.9 Å². The van der Waals surface area contributed by atoms with Crippen LogP contribution in [-0.4, -0.2) is 51.9 Å². The number of rotatable bonds is 5. The van der Waals surface area contributed by atoms with E-state index < -0.39 is 0 Å². The number of amides is 2. The summed E-state index contributed by atoms with van der Waals surface area (Å²) in [5, 5.41) is 6.21. The van der Waals surface area contributed by atoms with E-state index in [0.29, 0.717) is 25.3 Å². The molecule has 0 aromatic carbocycles. The summed E-state index contributed by atoms with van der Waals surface area (Å²) in [6.45, 7) is 4.75. The van der Waals surface area contributed by atoms with E-state index in [1.54, 1.807) is 4.90 Å². The van der Waals surface area contributed by atoms with Crippen molar-refractivity contribution in [3.63, 3.8) is 0 Å². The quantitative estimate of drug-likeness (QED) is 0.595. The number of likely N-dealkylation sites (tertiary alicyclic amines) is 1. The Bertz CT molecular complexity index is 838. The first-order chi connectivity index (χ1) is 13.5. The van der Waals surface area contributed by atoms with Crippen molar-refractivity contribution in [3.8, 4) is 0 Å². The largest absolute Gasteiger partial charge is 0.383 e. The van der Waals surface area contributed by atoms with Gasteiger partial charge >= 0.3 is 0 Å². The Labute approximate surface area is 172 Å². The number of carbonyl (C=O) groups is 2. The molecule has 0 bridgehead atoms. The average molecular weight is 447 g/mol. The molecule has 148 valence electrons. The van der Waals surface area contributed by atoms with Crippen molar-refractivity contribution in [1.29, 1.82) is 0 Å². The van der Waals surface area contributed by atoms with Gasteiger partial charge in [0.1, 0.15) is 23.5 Å². The van der Waals surface area contributed by atoms with Crippen LogP contribution in [0.2, 0.25) is 0 Å². The van der Waals surface area contributed by atoms with Crippen LogP contribution in [0.25, 0.3) is 0 Å². The minimum atomic E-state index is -0.337. The highest BCUT2D eigenvalue weighted by atomic mass is 79.9. The molecule has 0 spiro atoms. The van der Waals surface area contributed by atoms with Crippen molar-refractivity contribution >= 4 is 39.4 Å². The van der Waals surface area contributed by atoms with Gasteiger partial charge in [0.05, 0.1) is 6.04 Å².